The molecule has 1 atom stereocenters. The lowest BCUT2D eigenvalue weighted by Gasteiger charge is -2.27. The second kappa shape index (κ2) is 8.14. The molecule has 0 aliphatic carbocycles. The first-order valence-corrected chi connectivity index (χ1v) is 9.62. The Morgan fingerprint density at radius 2 is 2.00 bits per heavy atom. The summed E-state index contributed by atoms with van der Waals surface area (Å²) >= 11 is 0. The van der Waals surface area contributed by atoms with Crippen molar-refractivity contribution in [3.8, 4) is 5.75 Å². The third-order valence-corrected chi connectivity index (χ3v) is 5.59. The maximum absolute atomic E-state index is 11.8. The van der Waals surface area contributed by atoms with E-state index in [1.54, 1.807) is 12.1 Å². The lowest BCUT2D eigenvalue weighted by atomic mass is 10.2. The summed E-state index contributed by atoms with van der Waals surface area (Å²) < 4.78 is 28.4. The standard InChI is InChI=1S/C16H22N2O5S/c1-13(19)18(14-7-10-24(21,22)12-14)9-8-17-16(20)11-23-15-5-3-2-4-6-15/h2-6,14H,7-12H2,1H3,(H,17,20). The topological polar surface area (TPSA) is 92.8 Å². The summed E-state index contributed by atoms with van der Waals surface area (Å²) in [7, 11) is -3.06. The monoisotopic (exact) mass is 354 g/mol. The van der Waals surface area contributed by atoms with Gasteiger partial charge < -0.3 is 15.0 Å². The number of ether oxygens (including phenoxy) is 1. The molecule has 1 aliphatic rings. The van der Waals surface area contributed by atoms with Gasteiger partial charge in [0.1, 0.15) is 5.75 Å². The highest BCUT2D eigenvalue weighted by Crippen LogP contribution is 2.17. The molecule has 1 heterocycles. The molecule has 0 saturated carbocycles. The number of amides is 2. The summed E-state index contributed by atoms with van der Waals surface area (Å²) in [6.07, 6.45) is 0.451. The van der Waals surface area contributed by atoms with Crippen LogP contribution in [-0.4, -0.2) is 62.4 Å². The summed E-state index contributed by atoms with van der Waals surface area (Å²) in [5.41, 5.74) is 0. The van der Waals surface area contributed by atoms with Crippen LogP contribution in [0.3, 0.4) is 0 Å². The molecule has 1 aromatic rings. The minimum Gasteiger partial charge on any atom is -0.484 e. The molecule has 1 unspecified atom stereocenters. The minimum atomic E-state index is -3.06. The molecule has 0 radical (unpaired) electrons. The number of rotatable bonds is 7. The van der Waals surface area contributed by atoms with Crippen molar-refractivity contribution in [3.63, 3.8) is 0 Å². The van der Waals surface area contributed by atoms with Crippen molar-refractivity contribution < 1.29 is 22.7 Å². The molecule has 1 saturated heterocycles. The van der Waals surface area contributed by atoms with Crippen LogP contribution in [0.5, 0.6) is 5.75 Å². The zero-order valence-electron chi connectivity index (χ0n) is 13.6. The fourth-order valence-corrected chi connectivity index (χ4v) is 4.38. The molecule has 7 nitrogen and oxygen atoms in total. The predicted molar refractivity (Wildman–Crippen MR) is 89.4 cm³/mol. The van der Waals surface area contributed by atoms with Gasteiger partial charge in [0.2, 0.25) is 5.91 Å². The fraction of sp³-hybridized carbons (Fsp3) is 0.500. The van der Waals surface area contributed by atoms with Crippen LogP contribution in [0.2, 0.25) is 0 Å². The summed E-state index contributed by atoms with van der Waals surface area (Å²) in [5.74, 6) is 0.235. The van der Waals surface area contributed by atoms with Crippen molar-refractivity contribution in [3.05, 3.63) is 30.3 Å². The summed E-state index contributed by atoms with van der Waals surface area (Å²) in [6, 6.07) is 8.69. The van der Waals surface area contributed by atoms with Crippen LogP contribution < -0.4 is 10.1 Å². The van der Waals surface area contributed by atoms with Crippen LogP contribution >= 0.6 is 0 Å². The van der Waals surface area contributed by atoms with E-state index in [1.165, 1.54) is 11.8 Å². The Kier molecular flexibility index (Phi) is 6.19. The number of sulfone groups is 1. The molecular formula is C16H22N2O5S. The maximum Gasteiger partial charge on any atom is 0.258 e. The van der Waals surface area contributed by atoms with E-state index in [9.17, 15) is 18.0 Å². The second-order valence-electron chi connectivity index (χ2n) is 5.72. The number of para-hydroxylation sites is 1. The number of nitrogens with zero attached hydrogens (tertiary/aromatic N) is 1. The summed E-state index contributed by atoms with van der Waals surface area (Å²) in [5, 5.41) is 2.68. The zero-order chi connectivity index (χ0) is 17.6. The molecule has 0 spiro atoms. The van der Waals surface area contributed by atoms with Crippen LogP contribution in [0.15, 0.2) is 30.3 Å². The molecule has 1 aromatic carbocycles. The van der Waals surface area contributed by atoms with E-state index in [2.05, 4.69) is 5.32 Å². The molecule has 8 heteroatoms. The van der Waals surface area contributed by atoms with E-state index in [1.807, 2.05) is 18.2 Å². The molecule has 24 heavy (non-hydrogen) atoms. The fourth-order valence-electron chi connectivity index (χ4n) is 2.65. The van der Waals surface area contributed by atoms with E-state index in [0.717, 1.165) is 0 Å². The van der Waals surface area contributed by atoms with E-state index in [-0.39, 0.29) is 49.1 Å². The second-order valence-corrected chi connectivity index (χ2v) is 7.95. The van der Waals surface area contributed by atoms with Crippen LogP contribution in [0.25, 0.3) is 0 Å². The van der Waals surface area contributed by atoms with Gasteiger partial charge in [-0.2, -0.15) is 0 Å². The molecule has 1 N–H and O–H groups in total. The van der Waals surface area contributed by atoms with Gasteiger partial charge in [-0.1, -0.05) is 18.2 Å². The lowest BCUT2D eigenvalue weighted by molar-refractivity contribution is -0.131. The van der Waals surface area contributed by atoms with Crippen molar-refractivity contribution >= 4 is 21.7 Å². The molecule has 132 valence electrons. The van der Waals surface area contributed by atoms with Gasteiger partial charge in [-0.05, 0) is 18.6 Å². The number of carbonyl (C=O) groups is 2. The number of hydrogen-bond acceptors (Lipinski definition) is 5. The van der Waals surface area contributed by atoms with Crippen molar-refractivity contribution in [2.75, 3.05) is 31.2 Å². The lowest BCUT2D eigenvalue weighted by Crippen LogP contribution is -2.44. The van der Waals surface area contributed by atoms with Crippen molar-refractivity contribution in [1.29, 1.82) is 0 Å². The van der Waals surface area contributed by atoms with E-state index >= 15 is 0 Å². The maximum atomic E-state index is 11.8. The van der Waals surface area contributed by atoms with Gasteiger partial charge in [0.05, 0.1) is 11.5 Å². The number of hydrogen-bond donors (Lipinski definition) is 1. The largest absolute Gasteiger partial charge is 0.484 e. The molecule has 1 fully saturated rings. The highest BCUT2D eigenvalue weighted by molar-refractivity contribution is 7.91. The normalized spacial score (nSPS) is 18.8. The van der Waals surface area contributed by atoms with Gasteiger partial charge in [-0.25, -0.2) is 8.42 Å². The molecule has 0 bridgehead atoms. The molecule has 2 rings (SSSR count). The summed E-state index contributed by atoms with van der Waals surface area (Å²) in [4.78, 5) is 25.0. The molecular weight excluding hydrogens is 332 g/mol. The van der Waals surface area contributed by atoms with Crippen LogP contribution in [0, 0.1) is 0 Å². The Balaban J connectivity index is 1.74. The first-order valence-electron chi connectivity index (χ1n) is 7.79. The Morgan fingerprint density at radius 3 is 2.58 bits per heavy atom. The number of benzene rings is 1. The Labute approximate surface area is 141 Å². The highest BCUT2D eigenvalue weighted by Gasteiger charge is 2.33. The first-order chi connectivity index (χ1) is 11.4. The first kappa shape index (κ1) is 18.3. The van der Waals surface area contributed by atoms with Crippen LogP contribution in [0.4, 0.5) is 0 Å². The Bertz CT molecular complexity index is 675. The summed E-state index contributed by atoms with van der Waals surface area (Å²) in [6.45, 7) is 1.84. The molecule has 0 aromatic heterocycles. The average Bonchev–Trinajstić information content (AvgIpc) is 2.90. The van der Waals surface area contributed by atoms with Crippen molar-refractivity contribution in [2.24, 2.45) is 0 Å². The number of carbonyl (C=O) groups excluding carboxylic acids is 2. The van der Waals surface area contributed by atoms with Crippen molar-refractivity contribution in [2.45, 2.75) is 19.4 Å². The van der Waals surface area contributed by atoms with Gasteiger partial charge in [-0.3, -0.25) is 9.59 Å². The number of nitrogens with one attached hydrogen (secondary N) is 1. The van der Waals surface area contributed by atoms with Crippen LogP contribution in [0.1, 0.15) is 13.3 Å². The van der Waals surface area contributed by atoms with Gasteiger partial charge in [-0.15, -0.1) is 0 Å². The zero-order valence-corrected chi connectivity index (χ0v) is 14.4. The van der Waals surface area contributed by atoms with Gasteiger partial charge in [0.15, 0.2) is 16.4 Å². The quantitative estimate of drug-likeness (QED) is 0.756. The molecule has 1 aliphatic heterocycles. The van der Waals surface area contributed by atoms with Gasteiger partial charge in [0, 0.05) is 26.1 Å². The van der Waals surface area contributed by atoms with Crippen LogP contribution in [-0.2, 0) is 19.4 Å². The average molecular weight is 354 g/mol. The van der Waals surface area contributed by atoms with Gasteiger partial charge in [0.25, 0.3) is 5.91 Å². The third-order valence-electron chi connectivity index (χ3n) is 3.84. The minimum absolute atomic E-state index is 0.00234. The van der Waals surface area contributed by atoms with E-state index < -0.39 is 9.84 Å². The molecule has 2 amide bonds. The predicted octanol–water partition coefficient (Wildman–Crippen LogP) is 0.217. The highest BCUT2D eigenvalue weighted by atomic mass is 32.2. The van der Waals surface area contributed by atoms with Gasteiger partial charge >= 0.3 is 0 Å². The Hall–Kier alpha value is -2.09. The Morgan fingerprint density at radius 1 is 1.29 bits per heavy atom. The third kappa shape index (κ3) is 5.52. The SMILES string of the molecule is CC(=O)N(CCNC(=O)COc1ccccc1)C1CCS(=O)(=O)C1. The van der Waals surface area contributed by atoms with E-state index in [0.29, 0.717) is 12.2 Å². The van der Waals surface area contributed by atoms with E-state index in [4.69, 9.17) is 4.74 Å². The van der Waals surface area contributed by atoms with Crippen molar-refractivity contribution in [1.82, 2.24) is 10.2 Å². The smallest absolute Gasteiger partial charge is 0.258 e.